The molecule has 0 unspecified atom stereocenters. The number of carbonyl (C=O) groups is 1. The lowest BCUT2D eigenvalue weighted by Crippen LogP contribution is -2.15. The molecule has 0 atom stereocenters. The Labute approximate surface area is 144 Å². The van der Waals surface area contributed by atoms with Crippen molar-refractivity contribution in [2.45, 2.75) is 31.1 Å². The Morgan fingerprint density at radius 2 is 1.79 bits per heavy atom. The molecule has 1 aromatic carbocycles. The van der Waals surface area contributed by atoms with Gasteiger partial charge in [-0.05, 0) is 35.7 Å². The van der Waals surface area contributed by atoms with Crippen LogP contribution in [0.1, 0.15) is 35.3 Å². The average Bonchev–Trinajstić information content (AvgIpc) is 2.90. The molecule has 1 N–H and O–H groups in total. The highest BCUT2D eigenvalue weighted by molar-refractivity contribution is 7.92. The molecule has 24 heavy (non-hydrogen) atoms. The first-order valence-corrected chi connectivity index (χ1v) is 9.35. The summed E-state index contributed by atoms with van der Waals surface area (Å²) in [5.41, 5.74) is -0.103. The molecule has 5 nitrogen and oxygen atoms in total. The number of esters is 1. The van der Waals surface area contributed by atoms with Gasteiger partial charge in [0.1, 0.15) is 10.7 Å². The molecule has 0 radical (unpaired) electrons. The van der Waals surface area contributed by atoms with Crippen molar-refractivity contribution >= 4 is 33.0 Å². The van der Waals surface area contributed by atoms with Gasteiger partial charge in [0.15, 0.2) is 0 Å². The van der Waals surface area contributed by atoms with Gasteiger partial charge in [0, 0.05) is 4.88 Å². The lowest BCUT2D eigenvalue weighted by Gasteiger charge is -2.15. The van der Waals surface area contributed by atoms with Crippen molar-refractivity contribution in [2.24, 2.45) is 0 Å². The average molecular weight is 371 g/mol. The minimum absolute atomic E-state index is 0.0942. The van der Waals surface area contributed by atoms with Gasteiger partial charge in [0.25, 0.3) is 10.0 Å². The maximum absolute atomic E-state index is 13.0. The van der Waals surface area contributed by atoms with Gasteiger partial charge in [-0.1, -0.05) is 20.8 Å². The zero-order valence-corrected chi connectivity index (χ0v) is 15.3. The van der Waals surface area contributed by atoms with Gasteiger partial charge in [0.05, 0.1) is 17.7 Å². The predicted molar refractivity (Wildman–Crippen MR) is 91.6 cm³/mol. The summed E-state index contributed by atoms with van der Waals surface area (Å²) in [5, 5.41) is 0. The zero-order chi connectivity index (χ0) is 18.1. The molecular formula is C16H18FNO4S2. The van der Waals surface area contributed by atoms with Crippen LogP contribution in [0.5, 0.6) is 0 Å². The lowest BCUT2D eigenvalue weighted by atomic mass is 9.95. The van der Waals surface area contributed by atoms with Gasteiger partial charge >= 0.3 is 5.97 Å². The van der Waals surface area contributed by atoms with E-state index in [1.54, 1.807) is 6.07 Å². The first-order chi connectivity index (χ1) is 11.0. The number of sulfonamides is 1. The quantitative estimate of drug-likeness (QED) is 0.831. The van der Waals surface area contributed by atoms with Crippen LogP contribution in [0.3, 0.4) is 0 Å². The molecule has 0 saturated carbocycles. The summed E-state index contributed by atoms with van der Waals surface area (Å²) >= 11 is 1.18. The number of methoxy groups -OCH3 is 1. The zero-order valence-electron chi connectivity index (χ0n) is 13.7. The Hall–Kier alpha value is -1.93. The molecule has 0 bridgehead atoms. The van der Waals surface area contributed by atoms with E-state index >= 15 is 0 Å². The number of nitrogens with one attached hydrogen (secondary N) is 1. The lowest BCUT2D eigenvalue weighted by molar-refractivity contribution is 0.0607. The summed E-state index contributed by atoms with van der Waals surface area (Å²) in [5.74, 6) is -1.15. The maximum atomic E-state index is 13.0. The fourth-order valence-corrected chi connectivity index (χ4v) is 4.12. The van der Waals surface area contributed by atoms with Crippen LogP contribution in [-0.4, -0.2) is 21.5 Å². The van der Waals surface area contributed by atoms with E-state index in [9.17, 15) is 17.6 Å². The van der Waals surface area contributed by atoms with E-state index in [0.717, 1.165) is 29.1 Å². The van der Waals surface area contributed by atoms with Crippen molar-refractivity contribution in [3.8, 4) is 0 Å². The second-order valence-corrected chi connectivity index (χ2v) is 8.89. The summed E-state index contributed by atoms with van der Waals surface area (Å²) in [6, 6.07) is 6.06. The monoisotopic (exact) mass is 371 g/mol. The van der Waals surface area contributed by atoms with Crippen molar-refractivity contribution in [3.05, 3.63) is 45.9 Å². The smallest absolute Gasteiger partial charge is 0.350 e. The Balaban J connectivity index is 2.46. The SMILES string of the molecule is COC(=O)c1sc(C(C)(C)C)cc1NS(=O)(=O)c1ccc(F)cc1. The number of hydrogen-bond acceptors (Lipinski definition) is 5. The molecule has 0 spiro atoms. The van der Waals surface area contributed by atoms with Crippen LogP contribution in [0.4, 0.5) is 10.1 Å². The van der Waals surface area contributed by atoms with Crippen molar-refractivity contribution in [1.29, 1.82) is 0 Å². The molecule has 1 heterocycles. The number of rotatable bonds is 4. The van der Waals surface area contributed by atoms with Gasteiger partial charge in [-0.3, -0.25) is 4.72 Å². The molecule has 0 aliphatic carbocycles. The Kier molecular flexibility index (Phi) is 5.00. The summed E-state index contributed by atoms with van der Waals surface area (Å²) in [6.45, 7) is 5.87. The van der Waals surface area contributed by atoms with E-state index in [0.29, 0.717) is 0 Å². The van der Waals surface area contributed by atoms with Crippen LogP contribution in [0.2, 0.25) is 0 Å². The van der Waals surface area contributed by atoms with E-state index in [4.69, 9.17) is 4.74 Å². The highest BCUT2D eigenvalue weighted by Crippen LogP contribution is 2.36. The van der Waals surface area contributed by atoms with Crippen molar-refractivity contribution in [3.63, 3.8) is 0 Å². The van der Waals surface area contributed by atoms with Crippen LogP contribution in [0.25, 0.3) is 0 Å². The van der Waals surface area contributed by atoms with E-state index < -0.39 is 21.8 Å². The molecule has 1 aromatic heterocycles. The van der Waals surface area contributed by atoms with Crippen LogP contribution in [-0.2, 0) is 20.2 Å². The third-order valence-electron chi connectivity index (χ3n) is 3.21. The third kappa shape index (κ3) is 3.93. The Bertz CT molecular complexity index is 849. The van der Waals surface area contributed by atoms with Crippen LogP contribution < -0.4 is 4.72 Å². The molecule has 2 aromatic rings. The largest absolute Gasteiger partial charge is 0.465 e. The fraction of sp³-hybridized carbons (Fsp3) is 0.312. The molecule has 0 amide bonds. The van der Waals surface area contributed by atoms with Crippen LogP contribution in [0.15, 0.2) is 35.2 Å². The fourth-order valence-electron chi connectivity index (χ4n) is 1.90. The summed E-state index contributed by atoms with van der Waals surface area (Å²) < 4.78 is 45.0. The minimum atomic E-state index is -3.94. The highest BCUT2D eigenvalue weighted by atomic mass is 32.2. The van der Waals surface area contributed by atoms with Crippen molar-refractivity contribution < 1.29 is 22.3 Å². The normalized spacial score (nSPS) is 12.0. The van der Waals surface area contributed by atoms with Crippen molar-refractivity contribution in [1.82, 2.24) is 0 Å². The molecule has 0 fully saturated rings. The molecule has 0 aliphatic rings. The maximum Gasteiger partial charge on any atom is 0.350 e. The number of hydrogen-bond donors (Lipinski definition) is 1. The Morgan fingerprint density at radius 1 is 1.21 bits per heavy atom. The second kappa shape index (κ2) is 6.52. The van der Waals surface area contributed by atoms with Gasteiger partial charge in [-0.2, -0.15) is 0 Å². The van der Waals surface area contributed by atoms with Gasteiger partial charge in [-0.15, -0.1) is 11.3 Å². The standard InChI is InChI=1S/C16H18FNO4S2/c1-16(2,3)13-9-12(14(23-13)15(19)22-4)18-24(20,21)11-7-5-10(17)6-8-11/h5-9,18H,1-4H3. The molecular weight excluding hydrogens is 353 g/mol. The van der Waals surface area contributed by atoms with Crippen LogP contribution >= 0.6 is 11.3 Å². The summed E-state index contributed by atoms with van der Waals surface area (Å²) in [7, 11) is -2.71. The van der Waals surface area contributed by atoms with Crippen molar-refractivity contribution in [2.75, 3.05) is 11.8 Å². The molecule has 8 heteroatoms. The topological polar surface area (TPSA) is 72.5 Å². The van der Waals surface area contributed by atoms with E-state index in [-0.39, 0.29) is 20.9 Å². The van der Waals surface area contributed by atoms with Gasteiger partial charge < -0.3 is 4.74 Å². The number of thiophene rings is 1. The molecule has 2 rings (SSSR count). The highest BCUT2D eigenvalue weighted by Gasteiger charge is 2.26. The van der Waals surface area contributed by atoms with Crippen LogP contribution in [0, 0.1) is 5.82 Å². The first kappa shape index (κ1) is 18.4. The van der Waals surface area contributed by atoms with E-state index in [1.807, 2.05) is 20.8 Å². The molecule has 0 saturated heterocycles. The second-order valence-electron chi connectivity index (χ2n) is 6.15. The molecule has 130 valence electrons. The number of anilines is 1. The Morgan fingerprint density at radius 3 is 2.29 bits per heavy atom. The van der Waals surface area contributed by atoms with Gasteiger partial charge in [0.2, 0.25) is 0 Å². The van der Waals surface area contributed by atoms with Gasteiger partial charge in [-0.25, -0.2) is 17.6 Å². The number of ether oxygens (including phenoxy) is 1. The minimum Gasteiger partial charge on any atom is -0.465 e. The summed E-state index contributed by atoms with van der Waals surface area (Å²) in [6.07, 6.45) is 0. The molecule has 0 aliphatic heterocycles. The first-order valence-electron chi connectivity index (χ1n) is 7.05. The van der Waals surface area contributed by atoms with E-state index in [1.165, 1.54) is 18.4 Å². The summed E-state index contributed by atoms with van der Waals surface area (Å²) in [4.78, 5) is 12.9. The number of benzene rings is 1. The predicted octanol–water partition coefficient (Wildman–Crippen LogP) is 3.77. The van der Waals surface area contributed by atoms with E-state index in [2.05, 4.69) is 4.72 Å². The number of carbonyl (C=O) groups excluding carboxylic acids is 1. The number of halogens is 1. The third-order valence-corrected chi connectivity index (χ3v) is 6.13.